The van der Waals surface area contributed by atoms with Crippen LogP contribution in [-0.4, -0.2) is 61.6 Å². The molecule has 404 valence electrons. The van der Waals surface area contributed by atoms with Gasteiger partial charge in [0.2, 0.25) is 0 Å². The Labute approximate surface area is 422 Å². The van der Waals surface area contributed by atoms with Gasteiger partial charge in [0, 0.05) is 19.3 Å². The Bertz CT molecular complexity index is 1080. The highest BCUT2D eigenvalue weighted by atomic mass is 16.6. The van der Waals surface area contributed by atoms with E-state index in [4.69, 9.17) is 18.9 Å². The third-order valence-electron chi connectivity index (χ3n) is 13.6. The second-order valence-electron chi connectivity index (χ2n) is 22.2. The molecule has 2 atom stereocenters. The molecule has 0 fully saturated rings. The molecule has 8 heteroatoms. The van der Waals surface area contributed by atoms with Crippen molar-refractivity contribution in [3.8, 4) is 0 Å². The summed E-state index contributed by atoms with van der Waals surface area (Å²) < 4.78 is 22.7. The largest absolute Gasteiger partial charge is 0.462 e. The summed E-state index contributed by atoms with van der Waals surface area (Å²) in [5.41, 5.74) is 0. The molecule has 0 rings (SSSR count). The molecule has 0 aliphatic rings. The van der Waals surface area contributed by atoms with Gasteiger partial charge in [0.1, 0.15) is 12.7 Å². The second kappa shape index (κ2) is 51.7. The molecule has 68 heavy (non-hydrogen) atoms. The number of esters is 3. The first-order valence-electron chi connectivity index (χ1n) is 29.8. The summed E-state index contributed by atoms with van der Waals surface area (Å²) >= 11 is 0. The van der Waals surface area contributed by atoms with E-state index in [2.05, 4.69) is 41.5 Å². The van der Waals surface area contributed by atoms with Gasteiger partial charge >= 0.3 is 17.9 Å². The molecule has 0 saturated carbocycles. The van der Waals surface area contributed by atoms with Crippen molar-refractivity contribution in [3.63, 3.8) is 0 Å². The van der Waals surface area contributed by atoms with Crippen molar-refractivity contribution in [2.75, 3.05) is 26.4 Å². The molecule has 2 unspecified atom stereocenters. The Hall–Kier alpha value is -1.67. The molecule has 0 aromatic carbocycles. The maximum atomic E-state index is 12.9. The summed E-state index contributed by atoms with van der Waals surface area (Å²) in [4.78, 5) is 38.2. The normalized spacial score (nSPS) is 12.6. The number of unbranched alkanes of at least 4 members (excludes halogenated alkanes) is 33. The van der Waals surface area contributed by atoms with Crippen molar-refractivity contribution >= 4 is 17.9 Å². The number of aliphatic hydroxyl groups is 1. The van der Waals surface area contributed by atoms with E-state index in [1.165, 1.54) is 193 Å². The summed E-state index contributed by atoms with van der Waals surface area (Å²) in [6.07, 6.45) is 47.9. The maximum Gasteiger partial charge on any atom is 0.306 e. The molecule has 0 radical (unpaired) electrons. The first kappa shape index (κ1) is 66.3. The number of ether oxygens (including phenoxy) is 4. The number of hydrogen-bond acceptors (Lipinski definition) is 8. The van der Waals surface area contributed by atoms with Gasteiger partial charge in [-0.25, -0.2) is 0 Å². The third-order valence-corrected chi connectivity index (χ3v) is 13.6. The van der Waals surface area contributed by atoms with Crippen molar-refractivity contribution < 1.29 is 38.4 Å². The molecule has 1 N–H and O–H groups in total. The van der Waals surface area contributed by atoms with Crippen LogP contribution in [0.15, 0.2) is 0 Å². The van der Waals surface area contributed by atoms with Crippen LogP contribution in [0.5, 0.6) is 0 Å². The summed E-state index contributed by atoms with van der Waals surface area (Å²) in [6.45, 7) is 13.4. The third kappa shape index (κ3) is 52.2. The van der Waals surface area contributed by atoms with Crippen LogP contribution in [0, 0.1) is 17.8 Å². The Morgan fingerprint density at radius 3 is 0.824 bits per heavy atom. The molecule has 0 aromatic rings. The van der Waals surface area contributed by atoms with Gasteiger partial charge in [0.25, 0.3) is 0 Å². The van der Waals surface area contributed by atoms with E-state index in [0.29, 0.717) is 19.3 Å². The SMILES string of the molecule is CC(C)CCCCCCCCCCCCCCC(=O)OCC(COCC(CO)OC(=O)CCCCCCCCCCCCCCC(C)C)OC(=O)CCCCCCCCCCCCCCC(C)C. The van der Waals surface area contributed by atoms with Gasteiger partial charge in [-0.3, -0.25) is 14.4 Å². The quantitative estimate of drug-likeness (QED) is 0.0365. The highest BCUT2D eigenvalue weighted by molar-refractivity contribution is 5.70. The molecule has 0 aliphatic heterocycles. The van der Waals surface area contributed by atoms with Crippen LogP contribution in [0.4, 0.5) is 0 Å². The van der Waals surface area contributed by atoms with E-state index in [0.717, 1.165) is 75.5 Å². The molecule has 0 spiro atoms. The zero-order chi connectivity index (χ0) is 50.0. The number of carbonyl (C=O) groups is 3. The van der Waals surface area contributed by atoms with E-state index in [1.54, 1.807) is 0 Å². The minimum Gasteiger partial charge on any atom is -0.462 e. The van der Waals surface area contributed by atoms with Gasteiger partial charge in [-0.05, 0) is 37.0 Å². The monoisotopic (exact) mass is 965 g/mol. The van der Waals surface area contributed by atoms with Gasteiger partial charge in [-0.15, -0.1) is 0 Å². The fourth-order valence-electron chi connectivity index (χ4n) is 9.09. The van der Waals surface area contributed by atoms with Gasteiger partial charge in [-0.1, -0.05) is 273 Å². The van der Waals surface area contributed by atoms with Gasteiger partial charge < -0.3 is 24.1 Å². The zero-order valence-electron chi connectivity index (χ0n) is 46.2. The predicted octanol–water partition coefficient (Wildman–Crippen LogP) is 17.7. The van der Waals surface area contributed by atoms with E-state index >= 15 is 0 Å². The van der Waals surface area contributed by atoms with Crippen molar-refractivity contribution in [1.82, 2.24) is 0 Å². The van der Waals surface area contributed by atoms with Crippen LogP contribution in [0.1, 0.15) is 311 Å². The fourth-order valence-corrected chi connectivity index (χ4v) is 9.09. The molecule has 0 bridgehead atoms. The molecule has 0 aliphatic carbocycles. The lowest BCUT2D eigenvalue weighted by molar-refractivity contribution is -0.166. The summed E-state index contributed by atoms with van der Waals surface area (Å²) in [6, 6.07) is 0. The summed E-state index contributed by atoms with van der Waals surface area (Å²) in [5, 5.41) is 9.95. The van der Waals surface area contributed by atoms with Gasteiger partial charge in [0.05, 0.1) is 19.8 Å². The highest BCUT2D eigenvalue weighted by Gasteiger charge is 2.20. The van der Waals surface area contributed by atoms with Crippen LogP contribution >= 0.6 is 0 Å². The van der Waals surface area contributed by atoms with Crippen LogP contribution in [0.3, 0.4) is 0 Å². The number of aliphatic hydroxyl groups excluding tert-OH is 1. The molecular formula is C60H116O8. The minimum atomic E-state index is -0.805. The smallest absolute Gasteiger partial charge is 0.306 e. The van der Waals surface area contributed by atoms with Crippen LogP contribution in [0.25, 0.3) is 0 Å². The average molecular weight is 966 g/mol. The molecule has 0 saturated heterocycles. The van der Waals surface area contributed by atoms with Gasteiger partial charge in [-0.2, -0.15) is 0 Å². The van der Waals surface area contributed by atoms with Crippen molar-refractivity contribution in [3.05, 3.63) is 0 Å². The molecule has 8 nitrogen and oxygen atoms in total. The maximum absolute atomic E-state index is 12.9. The van der Waals surface area contributed by atoms with E-state index in [9.17, 15) is 19.5 Å². The lowest BCUT2D eigenvalue weighted by Gasteiger charge is -2.20. The fraction of sp³-hybridized carbons (Fsp3) is 0.950. The summed E-state index contributed by atoms with van der Waals surface area (Å²) in [5.74, 6) is 1.52. The van der Waals surface area contributed by atoms with Crippen LogP contribution in [-0.2, 0) is 33.3 Å². The Kier molecular flexibility index (Phi) is 50.4. The standard InChI is InChI=1S/C60H116O8/c1-53(2)43-37-31-25-19-13-7-10-16-22-28-34-40-46-58(62)66-52-57(68-60(64)48-42-36-30-24-18-12-9-15-21-27-33-39-45-55(5)6)51-65-50-56(49-61)67-59(63)47-41-35-29-23-17-11-8-14-20-26-32-38-44-54(3)4/h53-57,61H,7-52H2,1-6H3. The van der Waals surface area contributed by atoms with Crippen LogP contribution in [0.2, 0.25) is 0 Å². The van der Waals surface area contributed by atoms with Crippen molar-refractivity contribution in [1.29, 1.82) is 0 Å². The predicted molar refractivity (Wildman–Crippen MR) is 287 cm³/mol. The Balaban J connectivity index is 4.48. The molecule has 0 amide bonds. The van der Waals surface area contributed by atoms with E-state index in [1.807, 2.05) is 0 Å². The number of rotatable bonds is 54. The van der Waals surface area contributed by atoms with Crippen molar-refractivity contribution in [2.45, 2.75) is 323 Å². The second-order valence-corrected chi connectivity index (χ2v) is 22.2. The van der Waals surface area contributed by atoms with Crippen LogP contribution < -0.4 is 0 Å². The first-order valence-corrected chi connectivity index (χ1v) is 29.8. The minimum absolute atomic E-state index is 0.0125. The average Bonchev–Trinajstić information content (AvgIpc) is 3.30. The highest BCUT2D eigenvalue weighted by Crippen LogP contribution is 2.18. The van der Waals surface area contributed by atoms with Gasteiger partial charge in [0.15, 0.2) is 6.10 Å². The number of carbonyl (C=O) groups excluding carboxylic acids is 3. The van der Waals surface area contributed by atoms with Crippen molar-refractivity contribution in [2.24, 2.45) is 17.8 Å². The Morgan fingerprint density at radius 2 is 0.544 bits per heavy atom. The Morgan fingerprint density at radius 1 is 0.309 bits per heavy atom. The zero-order valence-corrected chi connectivity index (χ0v) is 46.2. The first-order chi connectivity index (χ1) is 33.0. The van der Waals surface area contributed by atoms with E-state index in [-0.39, 0.29) is 44.3 Å². The topological polar surface area (TPSA) is 108 Å². The summed E-state index contributed by atoms with van der Waals surface area (Å²) in [7, 11) is 0. The number of hydrogen-bond donors (Lipinski definition) is 1. The lowest BCUT2D eigenvalue weighted by atomic mass is 10.0. The molecule has 0 aromatic heterocycles. The van der Waals surface area contributed by atoms with E-state index < -0.39 is 12.2 Å². The lowest BCUT2D eigenvalue weighted by Crippen LogP contribution is -2.33. The molecule has 0 heterocycles. The molecular weight excluding hydrogens is 849 g/mol.